The molecule has 0 amide bonds. The fourth-order valence-electron chi connectivity index (χ4n) is 1.65. The second-order valence-electron chi connectivity index (χ2n) is 4.63. The van der Waals surface area contributed by atoms with E-state index >= 15 is 0 Å². The molecule has 1 unspecified atom stereocenters. The highest BCUT2D eigenvalue weighted by molar-refractivity contribution is 7.99. The lowest BCUT2D eigenvalue weighted by Gasteiger charge is -2.12. The molecule has 1 saturated carbocycles. The van der Waals surface area contributed by atoms with Gasteiger partial charge in [-0.15, -0.1) is 5.10 Å². The Morgan fingerprint density at radius 1 is 1.53 bits per heavy atom. The summed E-state index contributed by atoms with van der Waals surface area (Å²) in [5, 5.41) is 16.4. The lowest BCUT2D eigenvalue weighted by Crippen LogP contribution is -2.27. The number of hydrogen-bond acceptors (Lipinski definition) is 5. The summed E-state index contributed by atoms with van der Waals surface area (Å²) in [5.74, 6) is 1.07. The zero-order valence-electron chi connectivity index (χ0n) is 10.6. The molecule has 2 rings (SSSR count). The topological polar surface area (TPSA) is 55.6 Å². The third kappa shape index (κ3) is 3.96. The molecule has 0 radical (unpaired) electrons. The molecule has 96 valence electrons. The fraction of sp³-hybridized carbons (Fsp3) is 0.909. The molecule has 0 saturated heterocycles. The first-order valence-electron chi connectivity index (χ1n) is 6.45. The highest BCUT2D eigenvalue weighted by Crippen LogP contribution is 2.36. The number of thioether (sulfide) groups is 1. The summed E-state index contributed by atoms with van der Waals surface area (Å²) in [4.78, 5) is 0. The van der Waals surface area contributed by atoms with Crippen LogP contribution in [0.4, 0.5) is 0 Å². The van der Waals surface area contributed by atoms with E-state index in [1.807, 2.05) is 4.68 Å². The number of nitrogens with one attached hydrogen (secondary N) is 1. The highest BCUT2D eigenvalue weighted by atomic mass is 32.2. The van der Waals surface area contributed by atoms with Gasteiger partial charge in [0.25, 0.3) is 0 Å². The van der Waals surface area contributed by atoms with Crippen molar-refractivity contribution in [3.8, 4) is 0 Å². The predicted molar refractivity (Wildman–Crippen MR) is 69.2 cm³/mol. The minimum absolute atomic E-state index is 0.572. The average Bonchev–Trinajstić information content (AvgIpc) is 3.07. The van der Waals surface area contributed by atoms with E-state index in [0.29, 0.717) is 12.1 Å². The van der Waals surface area contributed by atoms with Gasteiger partial charge in [-0.1, -0.05) is 18.7 Å². The van der Waals surface area contributed by atoms with Crippen molar-refractivity contribution in [2.24, 2.45) is 0 Å². The van der Waals surface area contributed by atoms with Gasteiger partial charge in [0.05, 0.1) is 6.04 Å². The summed E-state index contributed by atoms with van der Waals surface area (Å²) in [6.07, 6.45) is 4.81. The van der Waals surface area contributed by atoms with Gasteiger partial charge in [0, 0.05) is 11.8 Å². The maximum absolute atomic E-state index is 4.08. The van der Waals surface area contributed by atoms with Gasteiger partial charge in [0.15, 0.2) is 0 Å². The first-order valence-corrected chi connectivity index (χ1v) is 7.44. The molecule has 1 aromatic rings. The summed E-state index contributed by atoms with van der Waals surface area (Å²) in [6, 6.07) is 1.15. The SMILES string of the molecule is CCCNC(C)CCSc1nnnn1C1CC1. The van der Waals surface area contributed by atoms with Crippen molar-refractivity contribution in [2.75, 3.05) is 12.3 Å². The Labute approximate surface area is 107 Å². The standard InChI is InChI=1S/C11H21N5S/c1-3-7-12-9(2)6-8-17-11-13-14-15-16(11)10-4-5-10/h9-10,12H,3-8H2,1-2H3. The predicted octanol–water partition coefficient (Wildman–Crippen LogP) is 1.88. The van der Waals surface area contributed by atoms with Crippen LogP contribution in [0.15, 0.2) is 5.16 Å². The third-order valence-electron chi connectivity index (χ3n) is 2.88. The summed E-state index contributed by atoms with van der Waals surface area (Å²) >= 11 is 1.77. The molecule has 1 aliphatic rings. The van der Waals surface area contributed by atoms with Crippen molar-refractivity contribution < 1.29 is 0 Å². The first-order chi connectivity index (χ1) is 8.31. The van der Waals surface area contributed by atoms with Crippen molar-refractivity contribution >= 4 is 11.8 Å². The number of rotatable bonds is 8. The van der Waals surface area contributed by atoms with E-state index in [0.717, 1.165) is 23.9 Å². The van der Waals surface area contributed by atoms with E-state index in [2.05, 4.69) is 34.7 Å². The van der Waals surface area contributed by atoms with E-state index in [9.17, 15) is 0 Å². The number of tetrazole rings is 1. The van der Waals surface area contributed by atoms with Crippen LogP contribution >= 0.6 is 11.8 Å². The number of hydrogen-bond donors (Lipinski definition) is 1. The normalized spacial score (nSPS) is 17.3. The molecule has 0 bridgehead atoms. The zero-order valence-corrected chi connectivity index (χ0v) is 11.4. The van der Waals surface area contributed by atoms with Gasteiger partial charge in [-0.25, -0.2) is 4.68 Å². The van der Waals surface area contributed by atoms with E-state index in [-0.39, 0.29) is 0 Å². The smallest absolute Gasteiger partial charge is 0.209 e. The van der Waals surface area contributed by atoms with E-state index < -0.39 is 0 Å². The van der Waals surface area contributed by atoms with Gasteiger partial charge >= 0.3 is 0 Å². The van der Waals surface area contributed by atoms with Crippen molar-refractivity contribution in [3.05, 3.63) is 0 Å². The minimum atomic E-state index is 0.572. The molecule has 6 heteroatoms. The van der Waals surface area contributed by atoms with Crippen molar-refractivity contribution in [3.63, 3.8) is 0 Å². The Bertz CT molecular complexity index is 336. The number of nitrogens with zero attached hydrogens (tertiary/aromatic N) is 4. The average molecular weight is 255 g/mol. The van der Waals surface area contributed by atoms with Gasteiger partial charge in [0.2, 0.25) is 5.16 Å². The van der Waals surface area contributed by atoms with Crippen LogP contribution in [0, 0.1) is 0 Å². The monoisotopic (exact) mass is 255 g/mol. The van der Waals surface area contributed by atoms with E-state index in [1.165, 1.54) is 19.3 Å². The fourth-order valence-corrected chi connectivity index (χ4v) is 2.71. The van der Waals surface area contributed by atoms with Gasteiger partial charge < -0.3 is 5.32 Å². The molecule has 1 atom stereocenters. The molecular formula is C11H21N5S. The van der Waals surface area contributed by atoms with Crippen molar-refractivity contribution in [2.45, 2.75) is 56.8 Å². The zero-order chi connectivity index (χ0) is 12.1. The number of aromatic nitrogens is 4. The Morgan fingerprint density at radius 3 is 3.06 bits per heavy atom. The minimum Gasteiger partial charge on any atom is -0.314 e. The van der Waals surface area contributed by atoms with Gasteiger partial charge in [-0.3, -0.25) is 0 Å². The summed E-state index contributed by atoms with van der Waals surface area (Å²) in [5.41, 5.74) is 0. The Morgan fingerprint density at radius 2 is 2.35 bits per heavy atom. The van der Waals surface area contributed by atoms with Crippen molar-refractivity contribution in [1.82, 2.24) is 25.5 Å². The second kappa shape index (κ2) is 6.35. The molecule has 1 fully saturated rings. The van der Waals surface area contributed by atoms with Crippen LogP contribution in [0.3, 0.4) is 0 Å². The molecule has 17 heavy (non-hydrogen) atoms. The van der Waals surface area contributed by atoms with Gasteiger partial charge in [0.1, 0.15) is 0 Å². The van der Waals surface area contributed by atoms with Gasteiger partial charge in [-0.2, -0.15) is 0 Å². The largest absolute Gasteiger partial charge is 0.314 e. The second-order valence-corrected chi connectivity index (χ2v) is 5.69. The van der Waals surface area contributed by atoms with Crippen LogP contribution in [0.5, 0.6) is 0 Å². The molecule has 1 heterocycles. The first kappa shape index (κ1) is 12.8. The van der Waals surface area contributed by atoms with Gasteiger partial charge in [-0.05, 0) is 49.6 Å². The quantitative estimate of drug-likeness (QED) is 0.719. The third-order valence-corrected chi connectivity index (χ3v) is 3.85. The molecule has 0 aromatic carbocycles. The molecule has 5 nitrogen and oxygen atoms in total. The van der Waals surface area contributed by atoms with E-state index in [1.54, 1.807) is 11.8 Å². The molecule has 1 aliphatic carbocycles. The van der Waals surface area contributed by atoms with Crippen LogP contribution < -0.4 is 5.32 Å². The van der Waals surface area contributed by atoms with Crippen LogP contribution in [-0.2, 0) is 0 Å². The van der Waals surface area contributed by atoms with Crippen LogP contribution in [0.1, 0.15) is 45.6 Å². The molecule has 1 aromatic heterocycles. The summed E-state index contributed by atoms with van der Waals surface area (Å²) in [6.45, 7) is 5.53. The van der Waals surface area contributed by atoms with E-state index in [4.69, 9.17) is 0 Å². The van der Waals surface area contributed by atoms with Crippen LogP contribution in [-0.4, -0.2) is 38.5 Å². The molecule has 0 aliphatic heterocycles. The summed E-state index contributed by atoms with van der Waals surface area (Å²) < 4.78 is 1.98. The Hall–Kier alpha value is -0.620. The van der Waals surface area contributed by atoms with Crippen molar-refractivity contribution in [1.29, 1.82) is 0 Å². The maximum atomic E-state index is 4.08. The molecule has 1 N–H and O–H groups in total. The molecule has 0 spiro atoms. The summed E-state index contributed by atoms with van der Waals surface area (Å²) in [7, 11) is 0. The maximum Gasteiger partial charge on any atom is 0.209 e. The van der Waals surface area contributed by atoms with Crippen LogP contribution in [0.25, 0.3) is 0 Å². The Balaban J connectivity index is 1.68. The Kier molecular flexibility index (Phi) is 4.79. The lowest BCUT2D eigenvalue weighted by molar-refractivity contribution is 0.534. The highest BCUT2D eigenvalue weighted by Gasteiger charge is 2.27. The van der Waals surface area contributed by atoms with Crippen LogP contribution in [0.2, 0.25) is 0 Å². The molecular weight excluding hydrogens is 234 g/mol. The lowest BCUT2D eigenvalue weighted by atomic mass is 10.2.